The largest absolute Gasteiger partial charge is 0.481 e. The fraction of sp³-hybridized carbons (Fsp3) is 0.833. The fourth-order valence-corrected chi connectivity index (χ4v) is 2.04. The minimum Gasteiger partial charge on any atom is -0.481 e. The Hall–Kier alpha value is -1.10. The molecule has 0 aromatic carbocycles. The topological polar surface area (TPSA) is 78.4 Å². The molecule has 1 heterocycles. The summed E-state index contributed by atoms with van der Waals surface area (Å²) in [5, 5.41) is 14.5. The lowest BCUT2D eigenvalue weighted by Gasteiger charge is -2.27. The summed E-state index contributed by atoms with van der Waals surface area (Å²) in [6.45, 7) is 3.63. The average Bonchev–Trinajstić information content (AvgIpc) is 2.28. The molecule has 0 radical (unpaired) electrons. The molecule has 17 heavy (non-hydrogen) atoms. The van der Waals surface area contributed by atoms with Crippen LogP contribution in [0.2, 0.25) is 0 Å². The summed E-state index contributed by atoms with van der Waals surface area (Å²) < 4.78 is 0. The Labute approximate surface area is 102 Å². The second kappa shape index (κ2) is 7.27. The van der Waals surface area contributed by atoms with Gasteiger partial charge in [0.2, 0.25) is 5.91 Å². The molecule has 5 nitrogen and oxygen atoms in total. The Morgan fingerprint density at radius 2 is 2.18 bits per heavy atom. The predicted molar refractivity (Wildman–Crippen MR) is 64.7 cm³/mol. The van der Waals surface area contributed by atoms with E-state index in [1.807, 2.05) is 0 Å². The highest BCUT2D eigenvalue weighted by atomic mass is 16.4. The van der Waals surface area contributed by atoms with Crippen molar-refractivity contribution in [3.05, 3.63) is 0 Å². The van der Waals surface area contributed by atoms with Crippen molar-refractivity contribution < 1.29 is 14.7 Å². The Bertz CT molecular complexity index is 268. The summed E-state index contributed by atoms with van der Waals surface area (Å²) in [4.78, 5) is 22.0. The zero-order valence-electron chi connectivity index (χ0n) is 10.4. The zero-order valence-corrected chi connectivity index (χ0v) is 10.4. The van der Waals surface area contributed by atoms with Crippen molar-refractivity contribution in [3.8, 4) is 0 Å². The van der Waals surface area contributed by atoms with Crippen molar-refractivity contribution in [2.24, 2.45) is 5.92 Å². The molecule has 2 unspecified atom stereocenters. The molecule has 1 aliphatic rings. The van der Waals surface area contributed by atoms with Crippen LogP contribution in [0.5, 0.6) is 0 Å². The van der Waals surface area contributed by atoms with Gasteiger partial charge >= 0.3 is 5.97 Å². The SMILES string of the molecule is CC1CCNC(C(=O)NCCCCC(=O)O)C1. The third kappa shape index (κ3) is 5.68. The van der Waals surface area contributed by atoms with Crippen molar-refractivity contribution in [1.82, 2.24) is 10.6 Å². The molecule has 1 rings (SSSR count). The van der Waals surface area contributed by atoms with Crippen molar-refractivity contribution in [1.29, 1.82) is 0 Å². The number of carboxylic acids is 1. The van der Waals surface area contributed by atoms with Crippen molar-refractivity contribution in [3.63, 3.8) is 0 Å². The van der Waals surface area contributed by atoms with Crippen LogP contribution in [-0.2, 0) is 9.59 Å². The van der Waals surface area contributed by atoms with E-state index in [9.17, 15) is 9.59 Å². The van der Waals surface area contributed by atoms with Crippen LogP contribution in [0, 0.1) is 5.92 Å². The van der Waals surface area contributed by atoms with Gasteiger partial charge in [-0.05, 0) is 38.1 Å². The molecule has 1 fully saturated rings. The standard InChI is InChI=1S/C12H22N2O3/c1-9-5-7-13-10(8-9)12(17)14-6-3-2-4-11(15)16/h9-10,13H,2-8H2,1H3,(H,14,17)(H,15,16). The number of carbonyl (C=O) groups is 2. The number of unbranched alkanes of at least 4 members (excludes halogenated alkanes) is 1. The van der Waals surface area contributed by atoms with Crippen molar-refractivity contribution in [2.45, 2.75) is 45.1 Å². The lowest BCUT2D eigenvalue weighted by molar-refractivity contribution is -0.137. The van der Waals surface area contributed by atoms with Crippen molar-refractivity contribution >= 4 is 11.9 Å². The minimum atomic E-state index is -0.779. The van der Waals surface area contributed by atoms with E-state index in [-0.39, 0.29) is 18.4 Å². The molecular formula is C12H22N2O3. The normalized spacial score (nSPS) is 24.3. The third-order valence-corrected chi connectivity index (χ3v) is 3.10. The molecular weight excluding hydrogens is 220 g/mol. The number of carbonyl (C=O) groups excluding carboxylic acids is 1. The van der Waals surface area contributed by atoms with E-state index in [4.69, 9.17) is 5.11 Å². The minimum absolute atomic E-state index is 0.0480. The van der Waals surface area contributed by atoms with Gasteiger partial charge in [-0.1, -0.05) is 6.92 Å². The van der Waals surface area contributed by atoms with Crippen LogP contribution in [0.15, 0.2) is 0 Å². The number of rotatable bonds is 6. The van der Waals surface area contributed by atoms with Gasteiger partial charge in [0.1, 0.15) is 0 Å². The number of aliphatic carboxylic acids is 1. The lowest BCUT2D eigenvalue weighted by atomic mass is 9.94. The van der Waals surface area contributed by atoms with Crippen LogP contribution >= 0.6 is 0 Å². The molecule has 0 aromatic rings. The van der Waals surface area contributed by atoms with Gasteiger partial charge < -0.3 is 15.7 Å². The Kier molecular flexibility index (Phi) is 5.97. The van der Waals surface area contributed by atoms with Crippen LogP contribution in [-0.4, -0.2) is 36.1 Å². The van der Waals surface area contributed by atoms with Gasteiger partial charge in [-0.15, -0.1) is 0 Å². The van der Waals surface area contributed by atoms with Crippen LogP contribution in [0.25, 0.3) is 0 Å². The third-order valence-electron chi connectivity index (χ3n) is 3.10. The quantitative estimate of drug-likeness (QED) is 0.600. The highest BCUT2D eigenvalue weighted by Gasteiger charge is 2.23. The van der Waals surface area contributed by atoms with Gasteiger partial charge in [0.25, 0.3) is 0 Å². The predicted octanol–water partition coefficient (Wildman–Crippen LogP) is 0.746. The first-order chi connectivity index (χ1) is 8.09. The number of amides is 1. The Morgan fingerprint density at radius 3 is 2.82 bits per heavy atom. The summed E-state index contributed by atoms with van der Waals surface area (Å²) in [5.41, 5.74) is 0. The summed E-state index contributed by atoms with van der Waals surface area (Å²) in [6.07, 6.45) is 3.53. The number of nitrogens with one attached hydrogen (secondary N) is 2. The summed E-state index contributed by atoms with van der Waals surface area (Å²) in [5.74, 6) is -0.134. The number of carboxylic acid groups (broad SMARTS) is 1. The lowest BCUT2D eigenvalue weighted by Crippen LogP contribution is -2.48. The molecule has 0 aliphatic carbocycles. The average molecular weight is 242 g/mol. The summed E-state index contributed by atoms with van der Waals surface area (Å²) >= 11 is 0. The first-order valence-corrected chi connectivity index (χ1v) is 6.32. The number of hydrogen-bond acceptors (Lipinski definition) is 3. The molecule has 1 saturated heterocycles. The second-order valence-electron chi connectivity index (χ2n) is 4.78. The van der Waals surface area contributed by atoms with Crippen LogP contribution in [0.4, 0.5) is 0 Å². The van der Waals surface area contributed by atoms with Gasteiger partial charge in [0, 0.05) is 13.0 Å². The fourth-order valence-electron chi connectivity index (χ4n) is 2.04. The van der Waals surface area contributed by atoms with Crippen LogP contribution < -0.4 is 10.6 Å². The highest BCUT2D eigenvalue weighted by Crippen LogP contribution is 2.14. The van der Waals surface area contributed by atoms with Gasteiger partial charge in [0.15, 0.2) is 0 Å². The van der Waals surface area contributed by atoms with E-state index in [2.05, 4.69) is 17.6 Å². The van der Waals surface area contributed by atoms with Gasteiger partial charge in [-0.2, -0.15) is 0 Å². The van der Waals surface area contributed by atoms with Gasteiger partial charge in [-0.3, -0.25) is 9.59 Å². The Morgan fingerprint density at radius 1 is 1.41 bits per heavy atom. The molecule has 1 amide bonds. The maximum absolute atomic E-state index is 11.8. The summed E-state index contributed by atoms with van der Waals surface area (Å²) in [6, 6.07) is -0.0711. The van der Waals surface area contributed by atoms with Crippen LogP contribution in [0.3, 0.4) is 0 Å². The molecule has 5 heteroatoms. The first-order valence-electron chi connectivity index (χ1n) is 6.32. The van der Waals surface area contributed by atoms with Gasteiger partial charge in [-0.25, -0.2) is 0 Å². The van der Waals surface area contributed by atoms with E-state index in [0.717, 1.165) is 25.8 Å². The smallest absolute Gasteiger partial charge is 0.303 e. The van der Waals surface area contributed by atoms with Crippen LogP contribution in [0.1, 0.15) is 39.0 Å². The van der Waals surface area contributed by atoms with Crippen molar-refractivity contribution in [2.75, 3.05) is 13.1 Å². The Balaban J connectivity index is 2.10. The summed E-state index contributed by atoms with van der Waals surface area (Å²) in [7, 11) is 0. The maximum atomic E-state index is 11.8. The van der Waals surface area contributed by atoms with E-state index in [0.29, 0.717) is 18.9 Å². The molecule has 98 valence electrons. The van der Waals surface area contributed by atoms with Gasteiger partial charge in [0.05, 0.1) is 6.04 Å². The van der Waals surface area contributed by atoms with E-state index in [1.54, 1.807) is 0 Å². The molecule has 0 spiro atoms. The molecule has 0 aromatic heterocycles. The molecule has 3 N–H and O–H groups in total. The monoisotopic (exact) mass is 242 g/mol. The van der Waals surface area contributed by atoms with E-state index >= 15 is 0 Å². The first kappa shape index (κ1) is 14.0. The molecule has 1 aliphatic heterocycles. The van der Waals surface area contributed by atoms with E-state index < -0.39 is 5.97 Å². The molecule has 0 saturated carbocycles. The molecule has 2 atom stereocenters. The maximum Gasteiger partial charge on any atom is 0.303 e. The molecule has 0 bridgehead atoms. The highest BCUT2D eigenvalue weighted by molar-refractivity contribution is 5.81. The second-order valence-corrected chi connectivity index (χ2v) is 4.78. The number of hydrogen-bond donors (Lipinski definition) is 3. The number of piperidine rings is 1. The van der Waals surface area contributed by atoms with E-state index in [1.165, 1.54) is 0 Å². The zero-order chi connectivity index (χ0) is 12.7.